The van der Waals surface area contributed by atoms with Crippen LogP contribution in [0.3, 0.4) is 0 Å². The zero-order chi connectivity index (χ0) is 28.5. The van der Waals surface area contributed by atoms with Crippen molar-refractivity contribution in [1.29, 1.82) is 0 Å². The minimum Gasteiger partial charge on any atom is -0.458 e. The van der Waals surface area contributed by atoms with Crippen LogP contribution in [0.5, 0.6) is 0 Å². The maximum absolute atomic E-state index is 12.8. The van der Waals surface area contributed by atoms with Crippen LogP contribution < -0.4 is 0 Å². The zero-order valence-corrected chi connectivity index (χ0v) is 22.6. The highest BCUT2D eigenvalue weighted by Gasteiger charge is 2.25. The number of benzene rings is 1. The number of allylic oxidation sites excluding steroid dienone is 2. The van der Waals surface area contributed by atoms with E-state index in [2.05, 4.69) is 0 Å². The molecule has 0 spiro atoms. The van der Waals surface area contributed by atoms with Crippen molar-refractivity contribution in [2.24, 2.45) is 0 Å². The SMILES string of the molecule is CC=CC(=O)OC(COC(=O)c1ccccc1C(=O)OCC(CC(O)CCl)OC(=O)C=CC)CC(O)CCl. The Hall–Kier alpha value is -2.92. The molecule has 0 amide bonds. The van der Waals surface area contributed by atoms with Crippen LogP contribution in [-0.2, 0) is 28.5 Å². The molecule has 0 aromatic heterocycles. The van der Waals surface area contributed by atoms with Gasteiger partial charge in [0.05, 0.1) is 23.3 Å². The summed E-state index contributed by atoms with van der Waals surface area (Å²) in [5.74, 6) is -3.43. The quantitative estimate of drug-likeness (QED) is 0.131. The summed E-state index contributed by atoms with van der Waals surface area (Å²) in [6, 6.07) is 5.70. The highest BCUT2D eigenvalue weighted by molar-refractivity contribution is 6.18. The molecule has 4 unspecified atom stereocenters. The Morgan fingerprint density at radius 1 is 0.763 bits per heavy atom. The van der Waals surface area contributed by atoms with E-state index >= 15 is 0 Å². The van der Waals surface area contributed by atoms with Gasteiger partial charge in [0.15, 0.2) is 0 Å². The molecule has 12 heteroatoms. The van der Waals surface area contributed by atoms with E-state index in [1.54, 1.807) is 13.8 Å². The van der Waals surface area contributed by atoms with Gasteiger partial charge in [-0.2, -0.15) is 0 Å². The van der Waals surface area contributed by atoms with Crippen molar-refractivity contribution in [3.63, 3.8) is 0 Å². The van der Waals surface area contributed by atoms with E-state index in [1.807, 2.05) is 0 Å². The molecule has 4 atom stereocenters. The number of alkyl halides is 2. The summed E-state index contributed by atoms with van der Waals surface area (Å²) in [4.78, 5) is 49.2. The van der Waals surface area contributed by atoms with Gasteiger partial charge in [0.25, 0.3) is 0 Å². The molecule has 2 N–H and O–H groups in total. The van der Waals surface area contributed by atoms with E-state index in [1.165, 1.54) is 48.6 Å². The summed E-state index contributed by atoms with van der Waals surface area (Å²) in [5, 5.41) is 19.7. The average Bonchev–Trinajstić information content (AvgIpc) is 2.89. The molecule has 0 bridgehead atoms. The summed E-state index contributed by atoms with van der Waals surface area (Å²) in [6.07, 6.45) is 1.12. The number of carbonyl (C=O) groups excluding carboxylic acids is 4. The van der Waals surface area contributed by atoms with Crippen molar-refractivity contribution < 1.29 is 48.3 Å². The van der Waals surface area contributed by atoms with Gasteiger partial charge in [0.1, 0.15) is 25.4 Å². The van der Waals surface area contributed by atoms with Crippen molar-refractivity contribution in [3.05, 3.63) is 59.7 Å². The van der Waals surface area contributed by atoms with Gasteiger partial charge in [-0.15, -0.1) is 23.2 Å². The van der Waals surface area contributed by atoms with Crippen LogP contribution in [-0.4, -0.2) is 83.5 Å². The standard InChI is InChI=1S/C26H32Cl2O10/c1-3-7-23(31)37-19(11-17(29)13-27)15-35-25(33)21-9-5-6-10-22(21)26(34)36-16-20(12-18(30)14-28)38-24(32)8-4-2/h3-10,17-20,29-30H,11-16H2,1-2H3. The van der Waals surface area contributed by atoms with Crippen molar-refractivity contribution in [2.45, 2.75) is 51.1 Å². The fourth-order valence-electron chi connectivity index (χ4n) is 3.04. The highest BCUT2D eigenvalue weighted by Crippen LogP contribution is 2.15. The van der Waals surface area contributed by atoms with Gasteiger partial charge in [0, 0.05) is 36.8 Å². The number of aliphatic hydroxyl groups excluding tert-OH is 2. The maximum atomic E-state index is 12.8. The molecule has 0 saturated carbocycles. The monoisotopic (exact) mass is 574 g/mol. The number of carbonyl (C=O) groups is 4. The average molecular weight is 575 g/mol. The largest absolute Gasteiger partial charge is 0.458 e. The number of halogens is 2. The maximum Gasteiger partial charge on any atom is 0.339 e. The molecule has 0 heterocycles. The van der Waals surface area contributed by atoms with Gasteiger partial charge in [0.2, 0.25) is 0 Å². The van der Waals surface area contributed by atoms with Gasteiger partial charge in [-0.05, 0) is 26.0 Å². The third kappa shape index (κ3) is 12.6. The van der Waals surface area contributed by atoms with Crippen molar-refractivity contribution in [1.82, 2.24) is 0 Å². The third-order valence-electron chi connectivity index (χ3n) is 4.76. The Balaban J connectivity index is 2.93. The first-order chi connectivity index (χ1) is 18.1. The molecule has 0 saturated heterocycles. The van der Waals surface area contributed by atoms with Crippen LogP contribution in [0.25, 0.3) is 0 Å². The van der Waals surface area contributed by atoms with E-state index in [0.717, 1.165) is 0 Å². The Kier molecular flexibility index (Phi) is 16.0. The number of ether oxygens (including phenoxy) is 4. The molecule has 0 aliphatic rings. The Bertz CT molecular complexity index is 902. The van der Waals surface area contributed by atoms with Gasteiger partial charge in [-0.25, -0.2) is 19.2 Å². The second-order valence-corrected chi connectivity index (χ2v) is 8.57. The fraction of sp³-hybridized carbons (Fsp3) is 0.462. The smallest absolute Gasteiger partial charge is 0.339 e. The number of esters is 4. The first kappa shape index (κ1) is 33.1. The highest BCUT2D eigenvalue weighted by atomic mass is 35.5. The Morgan fingerprint density at radius 2 is 1.13 bits per heavy atom. The summed E-state index contributed by atoms with van der Waals surface area (Å²) in [6.45, 7) is 2.43. The van der Waals surface area contributed by atoms with Crippen molar-refractivity contribution in [3.8, 4) is 0 Å². The molecule has 0 radical (unpaired) electrons. The summed E-state index contributed by atoms with van der Waals surface area (Å²) in [7, 11) is 0. The Morgan fingerprint density at radius 3 is 1.45 bits per heavy atom. The van der Waals surface area contributed by atoms with Crippen LogP contribution in [0.4, 0.5) is 0 Å². The molecule has 10 nitrogen and oxygen atoms in total. The molecular weight excluding hydrogens is 543 g/mol. The summed E-state index contributed by atoms with van der Waals surface area (Å²) < 4.78 is 20.9. The number of rotatable bonds is 16. The lowest BCUT2D eigenvalue weighted by Gasteiger charge is -2.20. The third-order valence-corrected chi connectivity index (χ3v) is 5.48. The molecular formula is C26H32Cl2O10. The van der Waals surface area contributed by atoms with Crippen LogP contribution >= 0.6 is 23.2 Å². The molecule has 1 rings (SSSR count). The lowest BCUT2D eigenvalue weighted by atomic mass is 10.1. The second-order valence-electron chi connectivity index (χ2n) is 7.95. The van der Waals surface area contributed by atoms with Crippen LogP contribution in [0.1, 0.15) is 47.4 Å². The predicted octanol–water partition coefficient (Wildman–Crippen LogP) is 2.96. The number of hydrogen-bond acceptors (Lipinski definition) is 10. The first-order valence-electron chi connectivity index (χ1n) is 11.7. The van der Waals surface area contributed by atoms with Crippen LogP contribution in [0.2, 0.25) is 0 Å². The van der Waals surface area contributed by atoms with Crippen molar-refractivity contribution >= 4 is 47.1 Å². The van der Waals surface area contributed by atoms with Gasteiger partial charge >= 0.3 is 23.9 Å². The predicted molar refractivity (Wildman–Crippen MR) is 139 cm³/mol. The normalized spacial score (nSPS) is 14.5. The minimum absolute atomic E-state index is 0.0781. The molecule has 0 aliphatic carbocycles. The van der Waals surface area contributed by atoms with Gasteiger partial charge in [-0.3, -0.25) is 0 Å². The molecule has 1 aromatic carbocycles. The van der Waals surface area contributed by atoms with Gasteiger partial charge < -0.3 is 29.2 Å². The second kappa shape index (κ2) is 18.4. The van der Waals surface area contributed by atoms with E-state index in [-0.39, 0.29) is 35.7 Å². The molecule has 38 heavy (non-hydrogen) atoms. The lowest BCUT2D eigenvalue weighted by molar-refractivity contribution is -0.147. The van der Waals surface area contributed by atoms with E-state index in [4.69, 9.17) is 42.1 Å². The minimum atomic E-state index is -1.01. The molecule has 1 aromatic rings. The lowest BCUT2D eigenvalue weighted by Crippen LogP contribution is -2.30. The topological polar surface area (TPSA) is 146 Å². The molecule has 0 aliphatic heterocycles. The number of aliphatic hydroxyl groups is 2. The first-order valence-corrected chi connectivity index (χ1v) is 12.8. The molecule has 210 valence electrons. The zero-order valence-electron chi connectivity index (χ0n) is 21.1. The Labute approximate surface area is 231 Å². The summed E-state index contributed by atoms with van der Waals surface area (Å²) >= 11 is 11.2. The van der Waals surface area contributed by atoms with Crippen molar-refractivity contribution in [2.75, 3.05) is 25.0 Å². The van der Waals surface area contributed by atoms with Crippen LogP contribution in [0, 0.1) is 0 Å². The molecule has 0 fully saturated rings. The van der Waals surface area contributed by atoms with E-state index in [9.17, 15) is 29.4 Å². The van der Waals surface area contributed by atoms with E-state index in [0.29, 0.717) is 0 Å². The summed E-state index contributed by atoms with van der Waals surface area (Å²) in [5.41, 5.74) is -0.255. The fourth-order valence-corrected chi connectivity index (χ4v) is 3.30. The van der Waals surface area contributed by atoms with Crippen LogP contribution in [0.15, 0.2) is 48.6 Å². The number of hydrogen-bond donors (Lipinski definition) is 2. The van der Waals surface area contributed by atoms with E-state index < -0.39 is 61.5 Å². The van der Waals surface area contributed by atoms with Gasteiger partial charge in [-0.1, -0.05) is 24.3 Å².